The maximum atomic E-state index is 11.7. The maximum absolute atomic E-state index is 11.7. The average Bonchev–Trinajstić information content (AvgIpc) is 2.29. The lowest BCUT2D eigenvalue weighted by atomic mass is 10.1. The smallest absolute Gasteiger partial charge is 0.227 e. The van der Waals surface area contributed by atoms with E-state index >= 15 is 0 Å². The van der Waals surface area contributed by atoms with Crippen LogP contribution in [0.3, 0.4) is 0 Å². The molecule has 0 bridgehead atoms. The molecule has 0 aliphatic carbocycles. The molecule has 1 aromatic rings. The van der Waals surface area contributed by atoms with Gasteiger partial charge in [-0.2, -0.15) is 0 Å². The van der Waals surface area contributed by atoms with Crippen LogP contribution in [0, 0.1) is 5.92 Å². The third kappa shape index (κ3) is 3.20. The summed E-state index contributed by atoms with van der Waals surface area (Å²) < 4.78 is 0. The fourth-order valence-corrected chi connectivity index (χ4v) is 1.26. The number of carbonyl (C=O) groups excluding carboxylic acids is 2. The van der Waals surface area contributed by atoms with Crippen LogP contribution < -0.4 is 4.90 Å². The highest BCUT2D eigenvalue weighted by atomic mass is 16.2. The first kappa shape index (κ1) is 11.4. The first-order chi connectivity index (χ1) is 7.15. The Morgan fingerprint density at radius 3 is 2.53 bits per heavy atom. The third-order valence-corrected chi connectivity index (χ3v) is 2.25. The van der Waals surface area contributed by atoms with Gasteiger partial charge in [0, 0.05) is 25.1 Å². The minimum atomic E-state index is -0.219. The van der Waals surface area contributed by atoms with Gasteiger partial charge in [-0.15, -0.1) is 0 Å². The van der Waals surface area contributed by atoms with Gasteiger partial charge in [-0.1, -0.05) is 25.1 Å². The summed E-state index contributed by atoms with van der Waals surface area (Å²) in [5.74, 6) is -0.260. The molecule has 0 radical (unpaired) electrons. The molecule has 1 atom stereocenters. The molecule has 3 heteroatoms. The van der Waals surface area contributed by atoms with Gasteiger partial charge in [0.15, 0.2) is 0 Å². The number of hydrogen-bond donors (Lipinski definition) is 0. The van der Waals surface area contributed by atoms with Crippen LogP contribution in [0.2, 0.25) is 0 Å². The predicted octanol–water partition coefficient (Wildman–Crippen LogP) is 1.87. The molecular formula is C12H15NO2. The Balaban J connectivity index is 2.65. The fraction of sp³-hybridized carbons (Fsp3) is 0.333. The summed E-state index contributed by atoms with van der Waals surface area (Å²) >= 11 is 0. The van der Waals surface area contributed by atoms with Crippen molar-refractivity contribution in [2.75, 3.05) is 11.9 Å². The normalized spacial score (nSPS) is 11.9. The second-order valence-electron chi connectivity index (χ2n) is 3.61. The Kier molecular flexibility index (Phi) is 4.03. The van der Waals surface area contributed by atoms with E-state index in [0.717, 1.165) is 12.0 Å². The minimum absolute atomic E-state index is 0.0409. The number of amides is 1. The van der Waals surface area contributed by atoms with Crippen molar-refractivity contribution in [2.24, 2.45) is 5.92 Å². The molecule has 15 heavy (non-hydrogen) atoms. The number of aldehydes is 1. The van der Waals surface area contributed by atoms with Crippen molar-refractivity contribution in [3.63, 3.8) is 0 Å². The summed E-state index contributed by atoms with van der Waals surface area (Å²) in [6, 6.07) is 9.38. The molecule has 0 saturated heterocycles. The Hall–Kier alpha value is -1.64. The lowest BCUT2D eigenvalue weighted by Crippen LogP contribution is -2.27. The predicted molar refractivity (Wildman–Crippen MR) is 59.7 cm³/mol. The van der Waals surface area contributed by atoms with Crippen molar-refractivity contribution in [1.82, 2.24) is 0 Å². The van der Waals surface area contributed by atoms with Gasteiger partial charge in [0.05, 0.1) is 0 Å². The summed E-state index contributed by atoms with van der Waals surface area (Å²) in [4.78, 5) is 23.7. The summed E-state index contributed by atoms with van der Waals surface area (Å²) in [5.41, 5.74) is 0.848. The van der Waals surface area contributed by atoms with E-state index in [2.05, 4.69) is 0 Å². The topological polar surface area (TPSA) is 37.4 Å². The van der Waals surface area contributed by atoms with Gasteiger partial charge < -0.3 is 9.69 Å². The van der Waals surface area contributed by atoms with Gasteiger partial charge in [-0.25, -0.2) is 0 Å². The van der Waals surface area contributed by atoms with Crippen molar-refractivity contribution in [2.45, 2.75) is 13.3 Å². The van der Waals surface area contributed by atoms with E-state index in [1.807, 2.05) is 30.3 Å². The minimum Gasteiger partial charge on any atom is -0.315 e. The zero-order valence-corrected chi connectivity index (χ0v) is 9.01. The number of benzene rings is 1. The van der Waals surface area contributed by atoms with E-state index in [9.17, 15) is 9.59 Å². The van der Waals surface area contributed by atoms with Crippen molar-refractivity contribution in [3.8, 4) is 0 Å². The molecule has 1 amide bonds. The second kappa shape index (κ2) is 5.29. The highest BCUT2D eigenvalue weighted by Crippen LogP contribution is 2.13. The van der Waals surface area contributed by atoms with Crippen LogP contribution >= 0.6 is 0 Å². The molecule has 0 aliphatic heterocycles. The first-order valence-electron chi connectivity index (χ1n) is 4.92. The molecule has 0 heterocycles. The van der Waals surface area contributed by atoms with Crippen LogP contribution in [0.25, 0.3) is 0 Å². The number of carbonyl (C=O) groups is 2. The highest BCUT2D eigenvalue weighted by molar-refractivity contribution is 5.93. The summed E-state index contributed by atoms with van der Waals surface area (Å²) in [6.07, 6.45) is 1.06. The lowest BCUT2D eigenvalue weighted by molar-refractivity contribution is -0.121. The Morgan fingerprint density at radius 2 is 2.00 bits per heavy atom. The number of rotatable bonds is 4. The number of para-hydroxylation sites is 1. The standard InChI is InChI=1S/C12H15NO2/c1-10(9-14)8-12(15)13(2)11-6-4-3-5-7-11/h3-7,9-10H,8H2,1-2H3/t10-/m0/s1. The summed E-state index contributed by atoms with van der Waals surface area (Å²) in [6.45, 7) is 1.74. The molecule has 0 N–H and O–H groups in total. The third-order valence-electron chi connectivity index (χ3n) is 2.25. The quantitative estimate of drug-likeness (QED) is 0.704. The lowest BCUT2D eigenvalue weighted by Gasteiger charge is -2.17. The van der Waals surface area contributed by atoms with E-state index in [-0.39, 0.29) is 18.2 Å². The Morgan fingerprint density at radius 1 is 1.40 bits per heavy atom. The SMILES string of the molecule is C[C@H](C=O)CC(=O)N(C)c1ccccc1. The van der Waals surface area contributed by atoms with Crippen LogP contribution in [-0.4, -0.2) is 19.2 Å². The van der Waals surface area contributed by atoms with Gasteiger partial charge in [-0.05, 0) is 12.1 Å². The van der Waals surface area contributed by atoms with Crippen LogP contribution in [0.15, 0.2) is 30.3 Å². The molecule has 1 rings (SSSR count). The number of hydrogen-bond acceptors (Lipinski definition) is 2. The Labute approximate surface area is 89.7 Å². The molecule has 3 nitrogen and oxygen atoms in total. The van der Waals surface area contributed by atoms with Gasteiger partial charge in [0.1, 0.15) is 6.29 Å². The maximum Gasteiger partial charge on any atom is 0.227 e. The molecule has 0 fully saturated rings. The second-order valence-corrected chi connectivity index (χ2v) is 3.61. The van der Waals surface area contributed by atoms with Crippen LogP contribution in [0.1, 0.15) is 13.3 Å². The van der Waals surface area contributed by atoms with Gasteiger partial charge in [0.25, 0.3) is 0 Å². The molecule has 0 aromatic heterocycles. The largest absolute Gasteiger partial charge is 0.315 e. The molecule has 0 saturated carbocycles. The average molecular weight is 205 g/mol. The molecule has 0 aliphatic rings. The molecule has 0 spiro atoms. The van der Waals surface area contributed by atoms with E-state index in [0.29, 0.717) is 0 Å². The summed E-state index contributed by atoms with van der Waals surface area (Å²) in [5, 5.41) is 0. The molecule has 1 aromatic carbocycles. The van der Waals surface area contributed by atoms with Gasteiger partial charge in [-0.3, -0.25) is 4.79 Å². The molecule has 80 valence electrons. The molecule has 0 unspecified atom stereocenters. The van der Waals surface area contributed by atoms with Gasteiger partial charge in [0.2, 0.25) is 5.91 Å². The zero-order valence-electron chi connectivity index (χ0n) is 9.01. The highest BCUT2D eigenvalue weighted by Gasteiger charge is 2.13. The number of nitrogens with zero attached hydrogens (tertiary/aromatic N) is 1. The fourth-order valence-electron chi connectivity index (χ4n) is 1.26. The monoisotopic (exact) mass is 205 g/mol. The van der Waals surface area contributed by atoms with Crippen molar-refractivity contribution in [1.29, 1.82) is 0 Å². The number of anilines is 1. The van der Waals surface area contributed by atoms with Crippen LogP contribution in [-0.2, 0) is 9.59 Å². The van der Waals surface area contributed by atoms with Crippen LogP contribution in [0.4, 0.5) is 5.69 Å². The van der Waals surface area contributed by atoms with E-state index in [1.165, 1.54) is 0 Å². The van der Waals surface area contributed by atoms with Crippen molar-refractivity contribution in [3.05, 3.63) is 30.3 Å². The van der Waals surface area contributed by atoms with Crippen LogP contribution in [0.5, 0.6) is 0 Å². The van der Waals surface area contributed by atoms with Crippen molar-refractivity contribution >= 4 is 17.9 Å². The van der Waals surface area contributed by atoms with E-state index in [4.69, 9.17) is 0 Å². The van der Waals surface area contributed by atoms with E-state index in [1.54, 1.807) is 18.9 Å². The van der Waals surface area contributed by atoms with E-state index < -0.39 is 0 Å². The Bertz CT molecular complexity index is 335. The van der Waals surface area contributed by atoms with Gasteiger partial charge >= 0.3 is 0 Å². The first-order valence-corrected chi connectivity index (χ1v) is 4.92. The van der Waals surface area contributed by atoms with Crippen molar-refractivity contribution < 1.29 is 9.59 Å². The summed E-state index contributed by atoms with van der Waals surface area (Å²) in [7, 11) is 1.72. The molecular weight excluding hydrogens is 190 g/mol. The zero-order chi connectivity index (χ0) is 11.3.